The number of alkyl halides is 1. The number of hydrogen-bond donors (Lipinski definition) is 0. The van der Waals surface area contributed by atoms with Crippen LogP contribution in [0.2, 0.25) is 0 Å². The fourth-order valence-corrected chi connectivity index (χ4v) is 2.73. The van der Waals surface area contributed by atoms with E-state index in [0.29, 0.717) is 17.8 Å². The molecule has 1 aromatic heterocycles. The molecule has 0 bridgehead atoms. The summed E-state index contributed by atoms with van der Waals surface area (Å²) in [6.07, 6.45) is 9.79. The van der Waals surface area contributed by atoms with Crippen molar-refractivity contribution >= 4 is 17.4 Å². The summed E-state index contributed by atoms with van der Waals surface area (Å²) >= 11 is 5.92. The van der Waals surface area contributed by atoms with E-state index in [0.717, 1.165) is 12.4 Å². The van der Waals surface area contributed by atoms with Crippen LogP contribution in [0.15, 0.2) is 12.4 Å². The molecule has 0 spiro atoms. The molecule has 0 saturated heterocycles. The molecule has 0 atom stereocenters. The summed E-state index contributed by atoms with van der Waals surface area (Å²) in [7, 11) is 1.61. The van der Waals surface area contributed by atoms with Crippen LogP contribution in [-0.4, -0.2) is 35.5 Å². The van der Waals surface area contributed by atoms with Crippen LogP contribution in [-0.2, 0) is 0 Å². The lowest BCUT2D eigenvalue weighted by atomic mass is 9.94. The molecule has 18 heavy (non-hydrogen) atoms. The first kappa shape index (κ1) is 13.4. The normalized spacial score (nSPS) is 16.6. The van der Waals surface area contributed by atoms with Gasteiger partial charge in [0.25, 0.3) is 0 Å². The second-order valence-corrected chi connectivity index (χ2v) is 4.97. The Balaban J connectivity index is 2.16. The lowest BCUT2D eigenvalue weighted by molar-refractivity contribution is 0.390. The predicted molar refractivity (Wildman–Crippen MR) is 73.5 cm³/mol. The summed E-state index contributed by atoms with van der Waals surface area (Å²) in [6, 6.07) is 0.541. The molecule has 5 heteroatoms. The van der Waals surface area contributed by atoms with Gasteiger partial charge in [0.05, 0.1) is 19.5 Å². The first-order chi connectivity index (χ1) is 8.85. The third-order valence-corrected chi connectivity index (χ3v) is 3.61. The van der Waals surface area contributed by atoms with Crippen molar-refractivity contribution in [3.8, 4) is 5.88 Å². The highest BCUT2D eigenvalue weighted by molar-refractivity contribution is 6.18. The Hall–Kier alpha value is -1.03. The Kier molecular flexibility index (Phi) is 5.05. The van der Waals surface area contributed by atoms with Crippen molar-refractivity contribution in [1.82, 2.24) is 9.97 Å². The molecule has 1 aliphatic carbocycles. The predicted octanol–water partition coefficient (Wildman–Crippen LogP) is 2.86. The molecule has 0 aromatic carbocycles. The van der Waals surface area contributed by atoms with Gasteiger partial charge in [-0.1, -0.05) is 19.3 Å². The lowest BCUT2D eigenvalue weighted by Crippen LogP contribution is -2.38. The van der Waals surface area contributed by atoms with Gasteiger partial charge in [-0.25, -0.2) is 0 Å². The van der Waals surface area contributed by atoms with Gasteiger partial charge in [0.1, 0.15) is 0 Å². The molecule has 1 aromatic rings. The molecule has 0 unspecified atom stereocenters. The van der Waals surface area contributed by atoms with Crippen molar-refractivity contribution < 1.29 is 4.74 Å². The van der Waals surface area contributed by atoms with E-state index in [1.54, 1.807) is 19.5 Å². The molecule has 4 nitrogen and oxygen atoms in total. The molecule has 0 radical (unpaired) electrons. The van der Waals surface area contributed by atoms with E-state index >= 15 is 0 Å². The topological polar surface area (TPSA) is 38.2 Å². The Morgan fingerprint density at radius 2 is 2.11 bits per heavy atom. The molecular formula is C13H20ClN3O. The Morgan fingerprint density at radius 1 is 1.33 bits per heavy atom. The number of nitrogens with zero attached hydrogens (tertiary/aromatic N) is 3. The van der Waals surface area contributed by atoms with Crippen molar-refractivity contribution in [2.45, 2.75) is 38.1 Å². The second kappa shape index (κ2) is 6.78. The molecule has 0 amide bonds. The average Bonchev–Trinajstić information content (AvgIpc) is 2.46. The molecule has 2 rings (SSSR count). The van der Waals surface area contributed by atoms with Gasteiger partial charge in [-0.3, -0.25) is 4.98 Å². The van der Waals surface area contributed by atoms with Crippen LogP contribution in [0.25, 0.3) is 0 Å². The zero-order valence-electron chi connectivity index (χ0n) is 10.8. The maximum absolute atomic E-state index is 5.92. The number of hydrogen-bond acceptors (Lipinski definition) is 4. The van der Waals surface area contributed by atoms with E-state index in [-0.39, 0.29) is 0 Å². The number of aromatic nitrogens is 2. The van der Waals surface area contributed by atoms with Crippen LogP contribution in [0, 0.1) is 0 Å². The van der Waals surface area contributed by atoms with Crippen LogP contribution in [0.1, 0.15) is 32.1 Å². The molecule has 1 heterocycles. The van der Waals surface area contributed by atoms with Crippen LogP contribution >= 0.6 is 11.6 Å². The SMILES string of the molecule is COc1cncc(N(CCCl)C2CCCCC2)n1. The Morgan fingerprint density at radius 3 is 2.78 bits per heavy atom. The molecule has 100 valence electrons. The minimum absolute atomic E-state index is 0.541. The molecule has 1 fully saturated rings. The number of rotatable bonds is 5. The fraction of sp³-hybridized carbons (Fsp3) is 0.692. The van der Waals surface area contributed by atoms with E-state index in [1.165, 1.54) is 32.1 Å². The van der Waals surface area contributed by atoms with Gasteiger partial charge in [0.2, 0.25) is 5.88 Å². The summed E-state index contributed by atoms with van der Waals surface area (Å²) in [5, 5.41) is 0. The van der Waals surface area contributed by atoms with Crippen molar-refractivity contribution in [2.75, 3.05) is 24.4 Å². The first-order valence-corrected chi connectivity index (χ1v) is 7.07. The maximum atomic E-state index is 5.92. The van der Waals surface area contributed by atoms with Crippen LogP contribution in [0.5, 0.6) is 5.88 Å². The van der Waals surface area contributed by atoms with Crippen molar-refractivity contribution in [3.63, 3.8) is 0 Å². The summed E-state index contributed by atoms with van der Waals surface area (Å²) in [6.45, 7) is 0.814. The number of ether oxygens (including phenoxy) is 1. The molecule has 0 aliphatic heterocycles. The Bertz CT molecular complexity index is 369. The van der Waals surface area contributed by atoms with E-state index in [9.17, 15) is 0 Å². The van der Waals surface area contributed by atoms with Crippen LogP contribution < -0.4 is 9.64 Å². The Labute approximate surface area is 113 Å². The van der Waals surface area contributed by atoms with Gasteiger partial charge in [-0.2, -0.15) is 4.98 Å². The summed E-state index contributed by atoms with van der Waals surface area (Å²) in [4.78, 5) is 10.9. The minimum atomic E-state index is 0.541. The zero-order chi connectivity index (χ0) is 12.8. The third-order valence-electron chi connectivity index (χ3n) is 3.44. The summed E-state index contributed by atoms with van der Waals surface area (Å²) < 4.78 is 5.14. The third kappa shape index (κ3) is 3.25. The van der Waals surface area contributed by atoms with Crippen molar-refractivity contribution in [2.24, 2.45) is 0 Å². The second-order valence-electron chi connectivity index (χ2n) is 4.59. The van der Waals surface area contributed by atoms with E-state index in [4.69, 9.17) is 16.3 Å². The highest BCUT2D eigenvalue weighted by Gasteiger charge is 2.22. The smallest absolute Gasteiger partial charge is 0.233 e. The van der Waals surface area contributed by atoms with E-state index in [1.807, 2.05) is 0 Å². The fourth-order valence-electron chi connectivity index (χ4n) is 2.54. The standard InChI is InChI=1S/C13H20ClN3O/c1-18-13-10-15-9-12(16-13)17(8-7-14)11-5-3-2-4-6-11/h9-11H,2-8H2,1H3. The molecular weight excluding hydrogens is 250 g/mol. The minimum Gasteiger partial charge on any atom is -0.480 e. The quantitative estimate of drug-likeness (QED) is 0.771. The van der Waals surface area contributed by atoms with Crippen LogP contribution in [0.4, 0.5) is 5.82 Å². The van der Waals surface area contributed by atoms with Gasteiger partial charge in [0, 0.05) is 18.5 Å². The van der Waals surface area contributed by atoms with Gasteiger partial charge in [-0.15, -0.1) is 11.6 Å². The zero-order valence-corrected chi connectivity index (χ0v) is 11.6. The first-order valence-electron chi connectivity index (χ1n) is 6.54. The number of anilines is 1. The van der Waals surface area contributed by atoms with Crippen molar-refractivity contribution in [1.29, 1.82) is 0 Å². The van der Waals surface area contributed by atoms with Crippen LogP contribution in [0.3, 0.4) is 0 Å². The molecule has 1 aliphatic rings. The van der Waals surface area contributed by atoms with E-state index < -0.39 is 0 Å². The van der Waals surface area contributed by atoms with E-state index in [2.05, 4.69) is 14.9 Å². The lowest BCUT2D eigenvalue weighted by Gasteiger charge is -2.34. The monoisotopic (exact) mass is 269 g/mol. The van der Waals surface area contributed by atoms with Gasteiger partial charge in [0.15, 0.2) is 5.82 Å². The average molecular weight is 270 g/mol. The van der Waals surface area contributed by atoms with Crippen molar-refractivity contribution in [3.05, 3.63) is 12.4 Å². The van der Waals surface area contributed by atoms with Gasteiger partial charge < -0.3 is 9.64 Å². The highest BCUT2D eigenvalue weighted by atomic mass is 35.5. The van der Waals surface area contributed by atoms with Gasteiger partial charge >= 0.3 is 0 Å². The molecule has 0 N–H and O–H groups in total. The largest absolute Gasteiger partial charge is 0.480 e. The maximum Gasteiger partial charge on any atom is 0.233 e. The summed E-state index contributed by atoms with van der Waals surface area (Å²) in [5.74, 6) is 2.04. The van der Waals surface area contributed by atoms with Gasteiger partial charge in [-0.05, 0) is 12.8 Å². The highest BCUT2D eigenvalue weighted by Crippen LogP contribution is 2.26. The molecule has 1 saturated carbocycles. The summed E-state index contributed by atoms with van der Waals surface area (Å²) in [5.41, 5.74) is 0. The number of halogens is 1. The number of methoxy groups -OCH3 is 1.